The molecule has 0 saturated heterocycles. The Balaban J connectivity index is 1.56. The number of carbonyl (C=O) groups excluding carboxylic acids is 2. The number of ether oxygens (including phenoxy) is 2. The maximum Gasteiger partial charge on any atom is 0.261 e. The van der Waals surface area contributed by atoms with Crippen molar-refractivity contribution in [1.82, 2.24) is 20.5 Å². The van der Waals surface area contributed by atoms with Gasteiger partial charge in [0.25, 0.3) is 5.91 Å². The fourth-order valence-corrected chi connectivity index (χ4v) is 2.98. The van der Waals surface area contributed by atoms with Gasteiger partial charge in [-0.25, -0.2) is 4.98 Å². The van der Waals surface area contributed by atoms with Crippen molar-refractivity contribution < 1.29 is 19.1 Å². The first-order valence-corrected chi connectivity index (χ1v) is 9.26. The quantitative estimate of drug-likeness (QED) is 0.589. The summed E-state index contributed by atoms with van der Waals surface area (Å²) in [7, 11) is 3.06. The highest BCUT2D eigenvalue weighted by molar-refractivity contribution is 7.99. The lowest BCUT2D eigenvalue weighted by Gasteiger charge is -2.07. The molecule has 1 aromatic heterocycles. The number of hydrogen-bond donors (Lipinski definition) is 2. The lowest BCUT2D eigenvalue weighted by Crippen LogP contribution is -2.32. The van der Waals surface area contributed by atoms with Crippen molar-refractivity contribution in [2.24, 2.45) is 0 Å². The monoisotopic (exact) mass is 398 g/mol. The number of nitrogens with zero attached hydrogens (tertiary/aromatic N) is 2. The van der Waals surface area contributed by atoms with Gasteiger partial charge in [0.1, 0.15) is 11.5 Å². The van der Waals surface area contributed by atoms with E-state index in [1.165, 1.54) is 7.11 Å². The average Bonchev–Trinajstić information content (AvgIpc) is 3.21. The molecule has 8 nitrogen and oxygen atoms in total. The molecule has 2 amide bonds. The number of para-hydroxylation sites is 1. The highest BCUT2D eigenvalue weighted by Crippen LogP contribution is 2.22. The number of benzene rings is 2. The fourth-order valence-electron chi connectivity index (χ4n) is 2.38. The summed E-state index contributed by atoms with van der Waals surface area (Å²) in [5.41, 5.74) is 1.14. The second-order valence-corrected chi connectivity index (χ2v) is 6.50. The Labute approximate surface area is 165 Å². The number of aromatic nitrogens is 3. The Kier molecular flexibility index (Phi) is 6.28. The Bertz CT molecular complexity index is 972. The molecule has 144 valence electrons. The van der Waals surface area contributed by atoms with Gasteiger partial charge in [0.15, 0.2) is 5.82 Å². The third-order valence-corrected chi connectivity index (χ3v) is 4.61. The molecule has 3 rings (SSSR count). The zero-order valence-corrected chi connectivity index (χ0v) is 16.1. The second-order valence-electron chi connectivity index (χ2n) is 5.56. The summed E-state index contributed by atoms with van der Waals surface area (Å²) in [5.74, 6) is 0.762. The number of methoxy groups -OCH3 is 2. The molecule has 0 saturated carbocycles. The van der Waals surface area contributed by atoms with Gasteiger partial charge in [-0.3, -0.25) is 20.0 Å². The van der Waals surface area contributed by atoms with Crippen LogP contribution < -0.4 is 14.8 Å². The first kappa shape index (κ1) is 19.4. The zero-order valence-electron chi connectivity index (χ0n) is 15.3. The highest BCUT2D eigenvalue weighted by Gasteiger charge is 2.15. The number of thioether (sulfide) groups is 1. The van der Waals surface area contributed by atoms with Crippen LogP contribution in [0.15, 0.2) is 53.7 Å². The van der Waals surface area contributed by atoms with Gasteiger partial charge in [-0.2, -0.15) is 0 Å². The Morgan fingerprint density at radius 2 is 1.82 bits per heavy atom. The number of hydrogen-bond acceptors (Lipinski definition) is 7. The van der Waals surface area contributed by atoms with E-state index in [9.17, 15) is 9.59 Å². The normalized spacial score (nSPS) is 10.4. The number of H-pyrrole nitrogens is 1. The Morgan fingerprint density at radius 3 is 2.54 bits per heavy atom. The maximum absolute atomic E-state index is 12.2. The van der Waals surface area contributed by atoms with Gasteiger partial charge in [-0.1, -0.05) is 23.9 Å². The van der Waals surface area contributed by atoms with E-state index in [4.69, 9.17) is 9.47 Å². The molecule has 2 N–H and O–H groups in total. The molecule has 0 aliphatic carbocycles. The van der Waals surface area contributed by atoms with Crippen molar-refractivity contribution in [3.8, 4) is 22.9 Å². The van der Waals surface area contributed by atoms with Gasteiger partial charge < -0.3 is 9.47 Å². The third-order valence-electron chi connectivity index (χ3n) is 3.77. The predicted octanol–water partition coefficient (Wildman–Crippen LogP) is 2.54. The van der Waals surface area contributed by atoms with Gasteiger partial charge in [-0.05, 0) is 36.4 Å². The number of nitrogens with one attached hydrogen (secondary N) is 2. The standard InChI is InChI=1S/C19H18N4O4S/c1-26-13-9-7-12(8-10-13)17-21-19(23-22-17)28-11-16(24)20-18(25)14-5-3-4-6-15(14)27-2/h3-10H,11H2,1-2H3,(H,20,24,25)(H,21,22,23). The van der Waals surface area contributed by atoms with Crippen molar-refractivity contribution in [3.63, 3.8) is 0 Å². The molecule has 0 atom stereocenters. The highest BCUT2D eigenvalue weighted by atomic mass is 32.2. The van der Waals surface area contributed by atoms with E-state index < -0.39 is 11.8 Å². The van der Waals surface area contributed by atoms with Crippen LogP contribution in [0.1, 0.15) is 10.4 Å². The Hall–Kier alpha value is -3.33. The van der Waals surface area contributed by atoms with E-state index >= 15 is 0 Å². The van der Waals surface area contributed by atoms with Crippen LogP contribution in [-0.4, -0.2) is 47.0 Å². The molecular formula is C19H18N4O4S. The summed E-state index contributed by atoms with van der Waals surface area (Å²) in [4.78, 5) is 28.6. The first-order chi connectivity index (χ1) is 13.6. The van der Waals surface area contributed by atoms with Crippen molar-refractivity contribution >= 4 is 23.6 Å². The molecule has 0 unspecified atom stereocenters. The predicted molar refractivity (Wildman–Crippen MR) is 105 cm³/mol. The minimum absolute atomic E-state index is 0.000789. The van der Waals surface area contributed by atoms with Crippen LogP contribution in [-0.2, 0) is 4.79 Å². The molecule has 0 aliphatic rings. The Morgan fingerprint density at radius 1 is 1.07 bits per heavy atom. The lowest BCUT2D eigenvalue weighted by molar-refractivity contribution is -0.117. The average molecular weight is 398 g/mol. The zero-order chi connectivity index (χ0) is 19.9. The SMILES string of the molecule is COc1ccc(-c2nc(SCC(=O)NC(=O)c3ccccc3OC)n[nH]2)cc1. The molecule has 3 aromatic rings. The van der Waals surface area contributed by atoms with E-state index in [1.807, 2.05) is 24.3 Å². The van der Waals surface area contributed by atoms with Crippen LogP contribution in [0, 0.1) is 0 Å². The van der Waals surface area contributed by atoms with Gasteiger partial charge in [0, 0.05) is 5.56 Å². The summed E-state index contributed by atoms with van der Waals surface area (Å²) in [6, 6.07) is 14.0. The first-order valence-electron chi connectivity index (χ1n) is 8.27. The van der Waals surface area contributed by atoms with E-state index in [2.05, 4.69) is 20.5 Å². The van der Waals surface area contributed by atoms with Crippen LogP contribution in [0.2, 0.25) is 0 Å². The van der Waals surface area contributed by atoms with Crippen LogP contribution in [0.4, 0.5) is 0 Å². The summed E-state index contributed by atoms with van der Waals surface area (Å²) in [5, 5.41) is 9.65. The van der Waals surface area contributed by atoms with Gasteiger partial charge in [0.05, 0.1) is 25.5 Å². The molecule has 0 aliphatic heterocycles. The number of aromatic amines is 1. The van der Waals surface area contributed by atoms with Crippen LogP contribution in [0.25, 0.3) is 11.4 Å². The summed E-state index contributed by atoms with van der Waals surface area (Å²) in [6.07, 6.45) is 0. The minimum atomic E-state index is -0.517. The molecule has 0 spiro atoms. The van der Waals surface area contributed by atoms with Crippen molar-refractivity contribution in [1.29, 1.82) is 0 Å². The largest absolute Gasteiger partial charge is 0.497 e. The number of amides is 2. The van der Waals surface area contributed by atoms with Gasteiger partial charge in [-0.15, -0.1) is 5.10 Å². The van der Waals surface area contributed by atoms with Crippen molar-refractivity contribution in [2.75, 3.05) is 20.0 Å². The van der Waals surface area contributed by atoms with E-state index in [0.717, 1.165) is 23.1 Å². The van der Waals surface area contributed by atoms with Gasteiger partial charge >= 0.3 is 0 Å². The molecule has 0 bridgehead atoms. The van der Waals surface area contributed by atoms with E-state index in [1.54, 1.807) is 31.4 Å². The molecule has 1 heterocycles. The van der Waals surface area contributed by atoms with Gasteiger partial charge in [0.2, 0.25) is 11.1 Å². The third kappa shape index (κ3) is 4.68. The molecule has 0 fully saturated rings. The number of rotatable bonds is 7. The number of carbonyl (C=O) groups is 2. The minimum Gasteiger partial charge on any atom is -0.497 e. The van der Waals surface area contributed by atoms with E-state index in [-0.39, 0.29) is 5.75 Å². The lowest BCUT2D eigenvalue weighted by atomic mass is 10.2. The molecule has 9 heteroatoms. The molecular weight excluding hydrogens is 380 g/mol. The van der Waals surface area contributed by atoms with E-state index in [0.29, 0.717) is 22.3 Å². The van der Waals surface area contributed by atoms with Crippen molar-refractivity contribution in [3.05, 3.63) is 54.1 Å². The number of imide groups is 1. The topological polar surface area (TPSA) is 106 Å². The second kappa shape index (κ2) is 9.05. The fraction of sp³-hybridized carbons (Fsp3) is 0.158. The summed E-state index contributed by atoms with van der Waals surface area (Å²) >= 11 is 1.13. The van der Waals surface area contributed by atoms with Crippen LogP contribution in [0.5, 0.6) is 11.5 Å². The molecule has 28 heavy (non-hydrogen) atoms. The van der Waals surface area contributed by atoms with Crippen molar-refractivity contribution in [2.45, 2.75) is 5.16 Å². The van der Waals surface area contributed by atoms with Crippen LogP contribution in [0.3, 0.4) is 0 Å². The maximum atomic E-state index is 12.2. The molecule has 2 aromatic carbocycles. The summed E-state index contributed by atoms with van der Waals surface area (Å²) < 4.78 is 10.3. The smallest absolute Gasteiger partial charge is 0.261 e. The molecule has 0 radical (unpaired) electrons. The van der Waals surface area contributed by atoms with Crippen LogP contribution >= 0.6 is 11.8 Å². The summed E-state index contributed by atoms with van der Waals surface area (Å²) in [6.45, 7) is 0.